The number of hydrogen-bond acceptors (Lipinski definition) is 4. The maximum atomic E-state index is 4.83. The highest BCUT2D eigenvalue weighted by atomic mass is 15.1. The maximum absolute atomic E-state index is 4.83. The molecule has 1 aromatic heterocycles. The van der Waals surface area contributed by atoms with Gasteiger partial charge in [0.2, 0.25) is 5.95 Å². The van der Waals surface area contributed by atoms with Gasteiger partial charge in [0.15, 0.2) is 0 Å². The van der Waals surface area contributed by atoms with Gasteiger partial charge in [0.05, 0.1) is 5.52 Å². The minimum absolute atomic E-state index is 0.480. The van der Waals surface area contributed by atoms with E-state index >= 15 is 0 Å². The quantitative estimate of drug-likeness (QED) is 0.709. The fourth-order valence-corrected chi connectivity index (χ4v) is 4.00. The van der Waals surface area contributed by atoms with Gasteiger partial charge in [-0.05, 0) is 56.6 Å². The van der Waals surface area contributed by atoms with E-state index in [0.717, 1.165) is 41.0 Å². The summed E-state index contributed by atoms with van der Waals surface area (Å²) in [6.45, 7) is 3.27. The molecule has 2 saturated carbocycles. The predicted octanol–water partition coefficient (Wildman–Crippen LogP) is 5.22. The molecule has 2 aliphatic carbocycles. The Morgan fingerprint density at radius 3 is 2.52 bits per heavy atom. The highest BCUT2D eigenvalue weighted by Gasteiger charge is 2.28. The molecule has 2 N–H and O–H groups in total. The van der Waals surface area contributed by atoms with E-state index in [4.69, 9.17) is 9.97 Å². The van der Waals surface area contributed by atoms with Crippen LogP contribution in [0.4, 0.5) is 11.8 Å². The van der Waals surface area contributed by atoms with Crippen molar-refractivity contribution in [2.45, 2.75) is 64.3 Å². The van der Waals surface area contributed by atoms with Gasteiger partial charge in [-0.2, -0.15) is 4.98 Å². The van der Waals surface area contributed by atoms with E-state index in [0.29, 0.717) is 6.04 Å². The first kappa shape index (κ1) is 16.6. The highest BCUT2D eigenvalue weighted by molar-refractivity contribution is 5.90. The number of fused-ring (bicyclic) bond motifs is 1. The fourth-order valence-electron chi connectivity index (χ4n) is 4.00. The number of para-hydroxylation sites is 1. The minimum Gasteiger partial charge on any atom is -0.367 e. The van der Waals surface area contributed by atoms with Crippen molar-refractivity contribution in [3.63, 3.8) is 0 Å². The van der Waals surface area contributed by atoms with E-state index in [9.17, 15) is 0 Å². The summed E-state index contributed by atoms with van der Waals surface area (Å²) in [6.07, 6.45) is 10.9. The number of rotatable bonds is 6. The molecule has 0 saturated heterocycles. The van der Waals surface area contributed by atoms with Gasteiger partial charge in [0.25, 0.3) is 0 Å². The van der Waals surface area contributed by atoms with Gasteiger partial charge in [-0.15, -0.1) is 0 Å². The normalized spacial score (nSPS) is 20.2. The average molecular weight is 338 g/mol. The summed E-state index contributed by atoms with van der Waals surface area (Å²) in [6, 6.07) is 8.80. The summed E-state index contributed by atoms with van der Waals surface area (Å²) in [5, 5.41) is 8.30. The Morgan fingerprint density at radius 1 is 1.00 bits per heavy atom. The van der Waals surface area contributed by atoms with Crippen LogP contribution in [-0.2, 0) is 0 Å². The smallest absolute Gasteiger partial charge is 0.225 e. The lowest BCUT2D eigenvalue weighted by Crippen LogP contribution is -2.20. The third-order valence-corrected chi connectivity index (χ3v) is 5.82. The van der Waals surface area contributed by atoms with Crippen molar-refractivity contribution in [3.8, 4) is 0 Å². The number of aromatic nitrogens is 2. The van der Waals surface area contributed by atoms with E-state index in [1.807, 2.05) is 0 Å². The Labute approximate surface area is 150 Å². The minimum atomic E-state index is 0.480. The van der Waals surface area contributed by atoms with E-state index in [1.54, 1.807) is 0 Å². The van der Waals surface area contributed by atoms with E-state index in [1.165, 1.54) is 51.4 Å². The summed E-state index contributed by atoms with van der Waals surface area (Å²) >= 11 is 0. The predicted molar refractivity (Wildman–Crippen MR) is 105 cm³/mol. The highest BCUT2D eigenvalue weighted by Crippen LogP contribution is 2.35. The monoisotopic (exact) mass is 338 g/mol. The molecule has 0 radical (unpaired) electrons. The van der Waals surface area contributed by atoms with Gasteiger partial charge < -0.3 is 10.6 Å². The van der Waals surface area contributed by atoms with Crippen LogP contribution in [0.2, 0.25) is 0 Å². The van der Waals surface area contributed by atoms with Gasteiger partial charge in [-0.3, -0.25) is 0 Å². The molecule has 25 heavy (non-hydrogen) atoms. The second-order valence-electron chi connectivity index (χ2n) is 7.92. The summed E-state index contributed by atoms with van der Waals surface area (Å²) < 4.78 is 0. The topological polar surface area (TPSA) is 49.8 Å². The van der Waals surface area contributed by atoms with Crippen molar-refractivity contribution < 1.29 is 0 Å². The summed E-state index contributed by atoms with van der Waals surface area (Å²) in [7, 11) is 0. The van der Waals surface area contributed by atoms with Crippen LogP contribution in [-0.4, -0.2) is 22.6 Å². The fraction of sp³-hybridized carbons (Fsp3) is 0.619. The Balaban J connectivity index is 1.51. The van der Waals surface area contributed by atoms with Crippen LogP contribution in [0.5, 0.6) is 0 Å². The molecule has 2 fully saturated rings. The molecular formula is C21H30N4. The van der Waals surface area contributed by atoms with Crippen molar-refractivity contribution in [1.82, 2.24) is 9.97 Å². The van der Waals surface area contributed by atoms with Crippen LogP contribution in [0.1, 0.15) is 58.3 Å². The zero-order valence-corrected chi connectivity index (χ0v) is 15.3. The average Bonchev–Trinajstić information content (AvgIpc) is 3.47. The Kier molecular flexibility index (Phi) is 5.04. The molecule has 1 heterocycles. The SMILES string of the molecule is CC(Nc1nc(NCC2CCCCCC2)nc2ccccc12)C1CC1. The third-order valence-electron chi connectivity index (χ3n) is 5.82. The molecule has 4 rings (SSSR count). The Morgan fingerprint density at radius 2 is 1.76 bits per heavy atom. The van der Waals surface area contributed by atoms with Crippen LogP contribution < -0.4 is 10.6 Å². The lowest BCUT2D eigenvalue weighted by Gasteiger charge is -2.18. The number of anilines is 2. The molecule has 4 nitrogen and oxygen atoms in total. The molecule has 1 unspecified atom stereocenters. The number of nitrogens with one attached hydrogen (secondary N) is 2. The molecule has 4 heteroatoms. The van der Waals surface area contributed by atoms with Crippen LogP contribution >= 0.6 is 0 Å². The van der Waals surface area contributed by atoms with E-state index in [-0.39, 0.29) is 0 Å². The molecule has 2 aliphatic rings. The molecule has 0 amide bonds. The first-order valence-corrected chi connectivity index (χ1v) is 10.1. The van der Waals surface area contributed by atoms with Gasteiger partial charge in [0.1, 0.15) is 5.82 Å². The van der Waals surface area contributed by atoms with Gasteiger partial charge >= 0.3 is 0 Å². The van der Waals surface area contributed by atoms with Crippen LogP contribution in [0.3, 0.4) is 0 Å². The molecule has 0 aliphatic heterocycles. The number of hydrogen-bond donors (Lipinski definition) is 2. The van der Waals surface area contributed by atoms with Crippen LogP contribution in [0.15, 0.2) is 24.3 Å². The lowest BCUT2D eigenvalue weighted by molar-refractivity contribution is 0.482. The van der Waals surface area contributed by atoms with Crippen molar-refractivity contribution in [3.05, 3.63) is 24.3 Å². The third kappa shape index (κ3) is 4.23. The van der Waals surface area contributed by atoms with Crippen molar-refractivity contribution >= 4 is 22.7 Å². The summed E-state index contributed by atoms with van der Waals surface area (Å²) in [5.74, 6) is 3.32. The molecular weight excluding hydrogens is 308 g/mol. The molecule has 134 valence electrons. The maximum Gasteiger partial charge on any atom is 0.225 e. The number of benzene rings is 1. The Bertz CT molecular complexity index is 702. The lowest BCUT2D eigenvalue weighted by atomic mass is 10.0. The first-order valence-electron chi connectivity index (χ1n) is 10.1. The first-order chi connectivity index (χ1) is 12.3. The zero-order chi connectivity index (χ0) is 17.1. The van der Waals surface area contributed by atoms with Gasteiger partial charge in [-0.25, -0.2) is 4.98 Å². The second kappa shape index (κ2) is 7.59. The van der Waals surface area contributed by atoms with Gasteiger partial charge in [0, 0.05) is 18.0 Å². The summed E-state index contributed by atoms with van der Waals surface area (Å²) in [4.78, 5) is 9.57. The molecule has 1 aromatic carbocycles. The van der Waals surface area contributed by atoms with Crippen molar-refractivity contribution in [2.75, 3.05) is 17.2 Å². The zero-order valence-electron chi connectivity index (χ0n) is 15.3. The molecule has 0 bridgehead atoms. The molecule has 1 atom stereocenters. The van der Waals surface area contributed by atoms with E-state index in [2.05, 4.69) is 41.8 Å². The Hall–Kier alpha value is -1.84. The largest absolute Gasteiger partial charge is 0.367 e. The van der Waals surface area contributed by atoms with Crippen molar-refractivity contribution in [1.29, 1.82) is 0 Å². The van der Waals surface area contributed by atoms with Crippen LogP contribution in [0, 0.1) is 11.8 Å². The van der Waals surface area contributed by atoms with E-state index < -0.39 is 0 Å². The number of nitrogens with zero attached hydrogens (tertiary/aromatic N) is 2. The summed E-state index contributed by atoms with van der Waals surface area (Å²) in [5.41, 5.74) is 1.02. The standard InChI is InChI=1S/C21H30N4/c1-15(17-12-13-17)23-20-18-10-6-7-11-19(18)24-21(25-20)22-14-16-8-4-2-3-5-9-16/h6-7,10-11,15-17H,2-5,8-9,12-14H2,1H3,(H2,22,23,24,25). The van der Waals surface area contributed by atoms with Crippen LogP contribution in [0.25, 0.3) is 10.9 Å². The molecule has 0 spiro atoms. The van der Waals surface area contributed by atoms with Gasteiger partial charge in [-0.1, -0.05) is 37.8 Å². The van der Waals surface area contributed by atoms with Crippen molar-refractivity contribution in [2.24, 2.45) is 11.8 Å². The second-order valence-corrected chi connectivity index (χ2v) is 7.92. The molecule has 2 aromatic rings.